The fourth-order valence-corrected chi connectivity index (χ4v) is 2.29. The highest BCUT2D eigenvalue weighted by Gasteiger charge is 2.07. The molecule has 5 nitrogen and oxygen atoms in total. The second-order valence-electron chi connectivity index (χ2n) is 5.74. The van der Waals surface area contributed by atoms with Crippen LogP contribution in [0.15, 0.2) is 61.0 Å². The number of allylic oxidation sites excluding steroid dienone is 2. The molecule has 0 radical (unpaired) electrons. The van der Waals surface area contributed by atoms with E-state index in [9.17, 15) is 0 Å². The van der Waals surface area contributed by atoms with Crippen molar-refractivity contribution in [2.24, 2.45) is 0 Å². The van der Waals surface area contributed by atoms with Crippen LogP contribution in [-0.4, -0.2) is 19.7 Å². The Balaban J connectivity index is 1.96. The van der Waals surface area contributed by atoms with Gasteiger partial charge in [0, 0.05) is 17.8 Å². The molecule has 120 valence electrons. The molecule has 2 heterocycles. The summed E-state index contributed by atoms with van der Waals surface area (Å²) < 4.78 is 1.63. The molecule has 0 saturated heterocycles. The lowest BCUT2D eigenvalue weighted by Crippen LogP contribution is -2.05. The zero-order chi connectivity index (χ0) is 17.1. The quantitative estimate of drug-likeness (QED) is 0.743. The highest BCUT2D eigenvalue weighted by atomic mass is 15.3. The predicted molar refractivity (Wildman–Crippen MR) is 97.6 cm³/mol. The van der Waals surface area contributed by atoms with Crippen molar-refractivity contribution in [2.45, 2.75) is 13.8 Å². The summed E-state index contributed by atoms with van der Waals surface area (Å²) in [5.41, 5.74) is 10.9. The summed E-state index contributed by atoms with van der Waals surface area (Å²) in [5.74, 6) is 0.837. The molecule has 0 spiro atoms. The maximum atomic E-state index is 5.89. The van der Waals surface area contributed by atoms with E-state index in [0.717, 1.165) is 16.7 Å². The van der Waals surface area contributed by atoms with Gasteiger partial charge in [0.2, 0.25) is 0 Å². The van der Waals surface area contributed by atoms with Gasteiger partial charge in [0.15, 0.2) is 0 Å². The van der Waals surface area contributed by atoms with Crippen molar-refractivity contribution >= 4 is 11.9 Å². The van der Waals surface area contributed by atoms with E-state index in [1.165, 1.54) is 5.56 Å². The third-order valence-electron chi connectivity index (χ3n) is 3.43. The Morgan fingerprint density at radius 2 is 2.04 bits per heavy atom. The number of hydrogen-bond donors (Lipinski definition) is 1. The minimum Gasteiger partial charge on any atom is -0.384 e. The molecule has 0 bridgehead atoms. The zero-order valence-corrected chi connectivity index (χ0v) is 13.8. The minimum absolute atomic E-state index is 0.397. The highest BCUT2D eigenvalue weighted by Crippen LogP contribution is 2.20. The van der Waals surface area contributed by atoms with Gasteiger partial charge < -0.3 is 5.73 Å². The van der Waals surface area contributed by atoms with Crippen molar-refractivity contribution in [3.63, 3.8) is 0 Å². The lowest BCUT2D eigenvalue weighted by molar-refractivity contribution is 0.808. The first-order valence-corrected chi connectivity index (χ1v) is 7.61. The normalized spacial score (nSPS) is 11.1. The first-order valence-electron chi connectivity index (χ1n) is 7.61. The molecule has 0 atom stereocenters. The Morgan fingerprint density at radius 3 is 2.79 bits per heavy atom. The number of aryl methyl sites for hydroxylation is 1. The maximum absolute atomic E-state index is 5.89. The van der Waals surface area contributed by atoms with Crippen molar-refractivity contribution in [1.82, 2.24) is 19.7 Å². The highest BCUT2D eigenvalue weighted by molar-refractivity contribution is 5.63. The smallest absolute Gasteiger partial charge is 0.253 e. The van der Waals surface area contributed by atoms with Gasteiger partial charge in [0.1, 0.15) is 5.82 Å². The number of anilines is 1. The number of benzene rings is 1. The van der Waals surface area contributed by atoms with Gasteiger partial charge in [-0.15, -0.1) is 0 Å². The zero-order valence-electron chi connectivity index (χ0n) is 13.8. The van der Waals surface area contributed by atoms with Crippen LogP contribution in [0.2, 0.25) is 0 Å². The average molecular weight is 317 g/mol. The summed E-state index contributed by atoms with van der Waals surface area (Å²) in [6.07, 6.45) is 7.43. The number of hydrogen-bond acceptors (Lipinski definition) is 4. The van der Waals surface area contributed by atoms with Gasteiger partial charge in [-0.05, 0) is 25.5 Å². The molecule has 2 aromatic heterocycles. The molecule has 0 unspecified atom stereocenters. The first kappa shape index (κ1) is 15.7. The molecule has 0 fully saturated rings. The number of rotatable bonds is 4. The van der Waals surface area contributed by atoms with Crippen LogP contribution in [0.25, 0.3) is 23.2 Å². The standard InChI is InChI=1S/C19H19N5/c1-13(2)7-8-17-10-18(20)23-19(22-17)24-12-16(11-21-24)15-6-4-5-14(3)9-15/h4-12H,1H2,2-3H3,(H2,20,22,23). The van der Waals surface area contributed by atoms with Crippen LogP contribution in [0.1, 0.15) is 18.2 Å². The molecule has 5 heteroatoms. The van der Waals surface area contributed by atoms with E-state index in [2.05, 4.69) is 46.8 Å². The summed E-state index contributed by atoms with van der Waals surface area (Å²) >= 11 is 0. The number of nitrogen functional groups attached to an aromatic ring is 1. The molecule has 0 amide bonds. The largest absolute Gasteiger partial charge is 0.384 e. The Labute approximate surface area is 141 Å². The number of nitrogens with zero attached hydrogens (tertiary/aromatic N) is 4. The summed E-state index contributed by atoms with van der Waals surface area (Å²) in [4.78, 5) is 8.75. The summed E-state index contributed by atoms with van der Waals surface area (Å²) in [5, 5.41) is 4.36. The van der Waals surface area contributed by atoms with Crippen LogP contribution in [-0.2, 0) is 0 Å². The van der Waals surface area contributed by atoms with Gasteiger partial charge in [-0.25, -0.2) is 9.67 Å². The van der Waals surface area contributed by atoms with E-state index in [4.69, 9.17) is 5.73 Å². The Morgan fingerprint density at radius 1 is 1.21 bits per heavy atom. The molecule has 3 rings (SSSR count). The van der Waals surface area contributed by atoms with Crippen LogP contribution in [0.5, 0.6) is 0 Å². The van der Waals surface area contributed by atoms with Crippen molar-refractivity contribution in [2.75, 3.05) is 5.73 Å². The van der Waals surface area contributed by atoms with Crippen molar-refractivity contribution in [1.29, 1.82) is 0 Å². The molecule has 0 saturated carbocycles. The van der Waals surface area contributed by atoms with Gasteiger partial charge in [-0.2, -0.15) is 10.1 Å². The third kappa shape index (κ3) is 3.57. The molecular weight excluding hydrogens is 298 g/mol. The molecule has 24 heavy (non-hydrogen) atoms. The average Bonchev–Trinajstić information content (AvgIpc) is 3.02. The van der Waals surface area contributed by atoms with Gasteiger partial charge in [-0.1, -0.05) is 48.1 Å². The minimum atomic E-state index is 0.397. The van der Waals surface area contributed by atoms with Crippen LogP contribution in [0.3, 0.4) is 0 Å². The monoisotopic (exact) mass is 317 g/mol. The van der Waals surface area contributed by atoms with Gasteiger partial charge in [0.25, 0.3) is 5.95 Å². The Hall–Kier alpha value is -3.21. The van der Waals surface area contributed by atoms with Crippen LogP contribution in [0.4, 0.5) is 5.82 Å². The Bertz CT molecular complexity index is 921. The van der Waals surface area contributed by atoms with Crippen molar-refractivity contribution < 1.29 is 0 Å². The SMILES string of the molecule is C=C(C)C=Cc1cc(N)nc(-n2cc(-c3cccc(C)c3)cn2)n1. The fraction of sp³-hybridized carbons (Fsp3) is 0.105. The van der Waals surface area contributed by atoms with Gasteiger partial charge in [0.05, 0.1) is 11.9 Å². The summed E-state index contributed by atoms with van der Waals surface area (Å²) in [6.45, 7) is 7.82. The van der Waals surface area contributed by atoms with Crippen molar-refractivity contribution in [3.05, 3.63) is 72.2 Å². The summed E-state index contributed by atoms with van der Waals surface area (Å²) in [7, 11) is 0. The molecule has 0 aliphatic rings. The van der Waals surface area contributed by atoms with E-state index in [0.29, 0.717) is 17.5 Å². The topological polar surface area (TPSA) is 69.6 Å². The van der Waals surface area contributed by atoms with Crippen LogP contribution < -0.4 is 5.73 Å². The summed E-state index contributed by atoms with van der Waals surface area (Å²) in [6, 6.07) is 9.97. The lowest BCUT2D eigenvalue weighted by atomic mass is 10.1. The van der Waals surface area contributed by atoms with E-state index >= 15 is 0 Å². The van der Waals surface area contributed by atoms with E-state index in [1.54, 1.807) is 16.9 Å². The van der Waals surface area contributed by atoms with E-state index in [-0.39, 0.29) is 0 Å². The van der Waals surface area contributed by atoms with E-state index < -0.39 is 0 Å². The third-order valence-corrected chi connectivity index (χ3v) is 3.43. The molecule has 0 aliphatic carbocycles. The second kappa shape index (κ2) is 6.50. The van der Waals surface area contributed by atoms with Gasteiger partial charge >= 0.3 is 0 Å². The molecule has 1 aromatic carbocycles. The molecule has 3 aromatic rings. The fourth-order valence-electron chi connectivity index (χ4n) is 2.29. The first-order chi connectivity index (χ1) is 11.5. The number of nitrogens with two attached hydrogens (primary N) is 1. The maximum Gasteiger partial charge on any atom is 0.253 e. The van der Waals surface area contributed by atoms with Crippen LogP contribution in [0, 0.1) is 6.92 Å². The predicted octanol–water partition coefficient (Wildman–Crippen LogP) is 3.81. The van der Waals surface area contributed by atoms with Crippen molar-refractivity contribution in [3.8, 4) is 17.1 Å². The van der Waals surface area contributed by atoms with Gasteiger partial charge in [-0.3, -0.25) is 0 Å². The molecule has 0 aliphatic heterocycles. The lowest BCUT2D eigenvalue weighted by Gasteiger charge is -2.03. The number of aromatic nitrogens is 4. The molecular formula is C19H19N5. The van der Waals surface area contributed by atoms with Crippen LogP contribution >= 0.6 is 0 Å². The Kier molecular flexibility index (Phi) is 4.24. The van der Waals surface area contributed by atoms with E-state index in [1.807, 2.05) is 31.3 Å². The molecule has 2 N–H and O–H groups in total. The second-order valence-corrected chi connectivity index (χ2v) is 5.74.